The van der Waals surface area contributed by atoms with E-state index in [-0.39, 0.29) is 11.5 Å². The predicted molar refractivity (Wildman–Crippen MR) is 114 cm³/mol. The largest absolute Gasteiger partial charge is 0.462 e. The number of nitrogens with zero attached hydrogens (tertiary/aromatic N) is 2. The number of esters is 1. The van der Waals surface area contributed by atoms with Crippen molar-refractivity contribution in [3.8, 4) is 5.69 Å². The molecule has 0 saturated heterocycles. The molecule has 1 heterocycles. The van der Waals surface area contributed by atoms with E-state index in [0.717, 1.165) is 16.7 Å². The average Bonchev–Trinajstić information content (AvgIpc) is 3.18. The lowest BCUT2D eigenvalue weighted by molar-refractivity contribution is 0.0526. The third-order valence-corrected chi connectivity index (χ3v) is 5.92. The molecule has 152 valence electrons. The first kappa shape index (κ1) is 19.7. The number of hydrogen-bond acceptors (Lipinski definition) is 5. The van der Waals surface area contributed by atoms with Gasteiger partial charge in [-0.05, 0) is 67.6 Å². The number of para-hydroxylation sites is 2. The van der Waals surface area contributed by atoms with E-state index >= 15 is 0 Å². The zero-order valence-corrected chi connectivity index (χ0v) is 17.0. The van der Waals surface area contributed by atoms with Crippen LogP contribution in [-0.4, -0.2) is 30.5 Å². The van der Waals surface area contributed by atoms with Crippen molar-refractivity contribution in [1.29, 1.82) is 0 Å². The average molecular weight is 421 g/mol. The Morgan fingerprint density at radius 2 is 1.70 bits per heavy atom. The molecule has 0 amide bonds. The summed E-state index contributed by atoms with van der Waals surface area (Å²) in [5.41, 5.74) is 3.44. The molecule has 3 aromatic carbocycles. The molecule has 0 fully saturated rings. The summed E-state index contributed by atoms with van der Waals surface area (Å²) in [7, 11) is -3.79. The fourth-order valence-corrected chi connectivity index (χ4v) is 4.11. The number of rotatable bonds is 6. The Hall–Kier alpha value is -3.65. The zero-order valence-electron chi connectivity index (χ0n) is 16.1. The summed E-state index contributed by atoms with van der Waals surface area (Å²) in [6.07, 6.45) is 1.73. The summed E-state index contributed by atoms with van der Waals surface area (Å²) in [4.78, 5) is 16.1. The second kappa shape index (κ2) is 8.00. The van der Waals surface area contributed by atoms with Crippen molar-refractivity contribution >= 4 is 32.7 Å². The van der Waals surface area contributed by atoms with Crippen LogP contribution in [0.5, 0.6) is 0 Å². The normalized spacial score (nSPS) is 11.4. The van der Waals surface area contributed by atoms with Crippen LogP contribution in [0.2, 0.25) is 0 Å². The van der Waals surface area contributed by atoms with Crippen LogP contribution in [0.3, 0.4) is 0 Å². The molecule has 0 aliphatic carbocycles. The van der Waals surface area contributed by atoms with Crippen molar-refractivity contribution in [2.24, 2.45) is 0 Å². The number of benzene rings is 3. The minimum Gasteiger partial charge on any atom is -0.462 e. The van der Waals surface area contributed by atoms with Gasteiger partial charge in [-0.3, -0.25) is 9.29 Å². The molecule has 0 aliphatic rings. The third-order valence-electron chi connectivity index (χ3n) is 4.53. The summed E-state index contributed by atoms with van der Waals surface area (Å²) < 4.78 is 34.7. The molecule has 0 bridgehead atoms. The number of fused-ring (bicyclic) bond motifs is 1. The Bertz CT molecular complexity index is 1290. The lowest BCUT2D eigenvalue weighted by atomic mass is 10.2. The monoisotopic (exact) mass is 421 g/mol. The van der Waals surface area contributed by atoms with Crippen LogP contribution in [0.1, 0.15) is 17.3 Å². The minimum atomic E-state index is -3.79. The molecule has 4 rings (SSSR count). The predicted octanol–water partition coefficient (Wildman–Crippen LogP) is 4.00. The highest BCUT2D eigenvalue weighted by molar-refractivity contribution is 7.92. The number of imidazole rings is 1. The van der Waals surface area contributed by atoms with Gasteiger partial charge in [0, 0.05) is 11.4 Å². The van der Waals surface area contributed by atoms with E-state index < -0.39 is 16.0 Å². The van der Waals surface area contributed by atoms with E-state index in [1.54, 1.807) is 25.4 Å². The number of aromatic nitrogens is 2. The van der Waals surface area contributed by atoms with Gasteiger partial charge in [-0.1, -0.05) is 12.1 Å². The Morgan fingerprint density at radius 1 is 1.00 bits per heavy atom. The fourth-order valence-electron chi connectivity index (χ4n) is 3.05. The first-order valence-electron chi connectivity index (χ1n) is 9.30. The second-order valence-corrected chi connectivity index (χ2v) is 8.18. The first-order chi connectivity index (χ1) is 14.5. The van der Waals surface area contributed by atoms with E-state index in [1.165, 1.54) is 24.3 Å². The number of anilines is 1. The SMILES string of the molecule is CCOC(=O)c1ccc(S(=O)(=O)Nc2ccc(-n3cnc4ccccc43)cc2)cc1. The summed E-state index contributed by atoms with van der Waals surface area (Å²) in [5, 5.41) is 0. The summed E-state index contributed by atoms with van der Waals surface area (Å²) in [5.74, 6) is -0.489. The maximum Gasteiger partial charge on any atom is 0.338 e. The first-order valence-corrected chi connectivity index (χ1v) is 10.8. The van der Waals surface area contributed by atoms with Gasteiger partial charge in [0.25, 0.3) is 10.0 Å². The highest BCUT2D eigenvalue weighted by Gasteiger charge is 2.16. The molecule has 0 unspecified atom stereocenters. The van der Waals surface area contributed by atoms with Gasteiger partial charge in [0.05, 0.1) is 28.1 Å². The van der Waals surface area contributed by atoms with Gasteiger partial charge in [0.1, 0.15) is 6.33 Å². The van der Waals surface area contributed by atoms with Crippen LogP contribution in [-0.2, 0) is 14.8 Å². The van der Waals surface area contributed by atoms with Gasteiger partial charge >= 0.3 is 5.97 Å². The van der Waals surface area contributed by atoms with Gasteiger partial charge in [-0.2, -0.15) is 0 Å². The fraction of sp³-hybridized carbons (Fsp3) is 0.0909. The molecule has 0 saturated carbocycles. The standard InChI is InChI=1S/C22H19N3O4S/c1-2-29-22(26)16-7-13-19(14-8-16)30(27,28)24-17-9-11-18(12-10-17)25-15-23-20-5-3-4-6-21(20)25/h3-15,24H,2H2,1H3. The van der Waals surface area contributed by atoms with Crippen LogP contribution in [0, 0.1) is 0 Å². The van der Waals surface area contributed by atoms with Crippen LogP contribution in [0.15, 0.2) is 84.0 Å². The molecule has 1 N–H and O–H groups in total. The molecular formula is C22H19N3O4S. The molecule has 8 heteroatoms. The highest BCUT2D eigenvalue weighted by Crippen LogP contribution is 2.21. The maximum atomic E-state index is 12.7. The van der Waals surface area contributed by atoms with Gasteiger partial charge in [0.15, 0.2) is 0 Å². The van der Waals surface area contributed by atoms with Crippen LogP contribution >= 0.6 is 0 Å². The lowest BCUT2D eigenvalue weighted by Crippen LogP contribution is -2.13. The number of nitrogens with one attached hydrogen (secondary N) is 1. The number of sulfonamides is 1. The number of hydrogen-bond donors (Lipinski definition) is 1. The van der Waals surface area contributed by atoms with Crippen molar-refractivity contribution in [2.45, 2.75) is 11.8 Å². The molecule has 30 heavy (non-hydrogen) atoms. The topological polar surface area (TPSA) is 90.3 Å². The molecule has 1 aromatic heterocycles. The van der Waals surface area contributed by atoms with Gasteiger partial charge in [-0.15, -0.1) is 0 Å². The molecule has 0 atom stereocenters. The highest BCUT2D eigenvalue weighted by atomic mass is 32.2. The van der Waals surface area contributed by atoms with E-state index in [9.17, 15) is 13.2 Å². The lowest BCUT2D eigenvalue weighted by Gasteiger charge is -2.10. The Morgan fingerprint density at radius 3 is 2.40 bits per heavy atom. The Balaban J connectivity index is 1.53. The maximum absolute atomic E-state index is 12.7. The van der Waals surface area contributed by atoms with Crippen LogP contribution < -0.4 is 4.72 Å². The van der Waals surface area contributed by atoms with E-state index in [1.807, 2.05) is 41.0 Å². The Labute approximate surface area is 174 Å². The van der Waals surface area contributed by atoms with E-state index in [0.29, 0.717) is 11.3 Å². The number of carbonyl (C=O) groups excluding carboxylic acids is 1. The summed E-state index contributed by atoms with van der Waals surface area (Å²) >= 11 is 0. The second-order valence-electron chi connectivity index (χ2n) is 6.50. The molecule has 4 aromatic rings. The van der Waals surface area contributed by atoms with Crippen molar-refractivity contribution in [3.05, 3.63) is 84.7 Å². The Kier molecular flexibility index (Phi) is 5.24. The van der Waals surface area contributed by atoms with Crippen LogP contribution in [0.4, 0.5) is 5.69 Å². The van der Waals surface area contributed by atoms with E-state index in [4.69, 9.17) is 4.74 Å². The number of ether oxygens (including phenoxy) is 1. The molecule has 0 spiro atoms. The van der Waals surface area contributed by atoms with Gasteiger partial charge in [0.2, 0.25) is 0 Å². The van der Waals surface area contributed by atoms with E-state index in [2.05, 4.69) is 9.71 Å². The van der Waals surface area contributed by atoms with Crippen LogP contribution in [0.25, 0.3) is 16.7 Å². The van der Waals surface area contributed by atoms with Gasteiger partial charge in [-0.25, -0.2) is 18.2 Å². The van der Waals surface area contributed by atoms with Crippen molar-refractivity contribution in [2.75, 3.05) is 11.3 Å². The number of carbonyl (C=O) groups is 1. The van der Waals surface area contributed by atoms with Crippen molar-refractivity contribution < 1.29 is 17.9 Å². The third kappa shape index (κ3) is 3.90. The van der Waals surface area contributed by atoms with Gasteiger partial charge < -0.3 is 4.74 Å². The summed E-state index contributed by atoms with van der Waals surface area (Å²) in [6.45, 7) is 1.96. The van der Waals surface area contributed by atoms with Crippen molar-refractivity contribution in [3.63, 3.8) is 0 Å². The molecule has 0 aliphatic heterocycles. The summed E-state index contributed by atoms with van der Waals surface area (Å²) in [6, 6.07) is 20.4. The zero-order chi connectivity index (χ0) is 21.1. The quantitative estimate of drug-likeness (QED) is 0.475. The molecule has 0 radical (unpaired) electrons. The van der Waals surface area contributed by atoms with Crippen molar-refractivity contribution in [1.82, 2.24) is 9.55 Å². The minimum absolute atomic E-state index is 0.0558. The molecule has 7 nitrogen and oxygen atoms in total. The smallest absolute Gasteiger partial charge is 0.338 e. The molecular weight excluding hydrogens is 402 g/mol.